The molecule has 0 radical (unpaired) electrons. The maximum Gasteiger partial charge on any atom is 0.233 e. The highest BCUT2D eigenvalue weighted by Crippen LogP contribution is 2.32. The maximum atomic E-state index is 12.4. The van der Waals surface area contributed by atoms with Crippen molar-refractivity contribution in [3.05, 3.63) is 54.1 Å². The van der Waals surface area contributed by atoms with Gasteiger partial charge < -0.3 is 14.8 Å². The minimum absolute atomic E-state index is 0.0197. The van der Waals surface area contributed by atoms with Crippen molar-refractivity contribution < 1.29 is 14.3 Å². The van der Waals surface area contributed by atoms with Gasteiger partial charge in [0.1, 0.15) is 13.2 Å². The van der Waals surface area contributed by atoms with Gasteiger partial charge in [-0.3, -0.25) is 4.79 Å². The van der Waals surface area contributed by atoms with E-state index in [2.05, 4.69) is 5.32 Å². The monoisotopic (exact) mass is 343 g/mol. The normalized spacial score (nSPS) is 15.4. The lowest BCUT2D eigenvalue weighted by Crippen LogP contribution is -2.33. The third-order valence-corrected chi connectivity index (χ3v) is 4.96. The zero-order chi connectivity index (χ0) is 16.9. The van der Waals surface area contributed by atoms with Crippen LogP contribution in [0.1, 0.15) is 25.5 Å². The van der Waals surface area contributed by atoms with Crippen molar-refractivity contribution in [3.63, 3.8) is 0 Å². The lowest BCUT2D eigenvalue weighted by molar-refractivity contribution is -0.120. The lowest BCUT2D eigenvalue weighted by Gasteiger charge is -2.22. The predicted octanol–water partition coefficient (Wildman–Crippen LogP) is 3.82. The number of thioether (sulfide) groups is 1. The summed E-state index contributed by atoms with van der Waals surface area (Å²) in [4.78, 5) is 13.5. The first-order chi connectivity index (χ1) is 11.6. The molecule has 1 aliphatic rings. The van der Waals surface area contributed by atoms with E-state index in [1.807, 2.05) is 62.4 Å². The predicted molar refractivity (Wildman–Crippen MR) is 95.8 cm³/mol. The molecular formula is C19H21NO3S. The molecule has 1 amide bonds. The molecule has 0 spiro atoms. The van der Waals surface area contributed by atoms with Gasteiger partial charge in [0.05, 0.1) is 11.3 Å². The van der Waals surface area contributed by atoms with Crippen molar-refractivity contribution >= 4 is 17.7 Å². The van der Waals surface area contributed by atoms with E-state index in [0.29, 0.717) is 13.2 Å². The largest absolute Gasteiger partial charge is 0.486 e. The van der Waals surface area contributed by atoms with Gasteiger partial charge in [0, 0.05) is 4.90 Å². The summed E-state index contributed by atoms with van der Waals surface area (Å²) in [7, 11) is 0. The van der Waals surface area contributed by atoms with Gasteiger partial charge in [-0.05, 0) is 43.7 Å². The number of carbonyl (C=O) groups excluding carboxylic acids is 1. The fourth-order valence-corrected chi connectivity index (χ4v) is 3.40. The number of hydrogen-bond acceptors (Lipinski definition) is 4. The number of amides is 1. The molecule has 2 atom stereocenters. The molecular weight excluding hydrogens is 322 g/mol. The number of benzene rings is 2. The smallest absolute Gasteiger partial charge is 0.233 e. The number of nitrogens with one attached hydrogen (secondary N) is 1. The first-order valence-electron chi connectivity index (χ1n) is 8.05. The number of ether oxygens (including phenoxy) is 2. The molecule has 126 valence electrons. The Morgan fingerprint density at radius 3 is 2.50 bits per heavy atom. The van der Waals surface area contributed by atoms with Crippen LogP contribution in [-0.2, 0) is 4.79 Å². The van der Waals surface area contributed by atoms with Crippen LogP contribution in [0, 0.1) is 0 Å². The minimum Gasteiger partial charge on any atom is -0.486 e. The summed E-state index contributed by atoms with van der Waals surface area (Å²) < 4.78 is 11.1. The van der Waals surface area contributed by atoms with Crippen LogP contribution in [0.3, 0.4) is 0 Å². The molecule has 2 aromatic carbocycles. The van der Waals surface area contributed by atoms with Crippen molar-refractivity contribution in [1.82, 2.24) is 5.32 Å². The van der Waals surface area contributed by atoms with Crippen LogP contribution in [0.2, 0.25) is 0 Å². The molecule has 0 bridgehead atoms. The summed E-state index contributed by atoms with van der Waals surface area (Å²) in [5, 5.41) is 2.91. The molecule has 3 rings (SSSR count). The molecule has 0 aliphatic carbocycles. The quantitative estimate of drug-likeness (QED) is 0.839. The summed E-state index contributed by atoms with van der Waals surface area (Å²) in [6, 6.07) is 15.7. The fourth-order valence-electron chi connectivity index (χ4n) is 2.50. The van der Waals surface area contributed by atoms with E-state index in [9.17, 15) is 4.79 Å². The Morgan fingerprint density at radius 2 is 1.75 bits per heavy atom. The van der Waals surface area contributed by atoms with Crippen LogP contribution in [0.15, 0.2) is 53.4 Å². The highest BCUT2D eigenvalue weighted by atomic mass is 32.2. The Kier molecular flexibility index (Phi) is 5.30. The van der Waals surface area contributed by atoms with E-state index in [0.717, 1.165) is 22.0 Å². The summed E-state index contributed by atoms with van der Waals surface area (Å²) in [5.41, 5.74) is 1.00. The van der Waals surface area contributed by atoms with Gasteiger partial charge in [-0.2, -0.15) is 0 Å². The van der Waals surface area contributed by atoms with E-state index in [1.165, 1.54) is 0 Å². The fraction of sp³-hybridized carbons (Fsp3) is 0.316. The first kappa shape index (κ1) is 16.7. The van der Waals surface area contributed by atoms with Crippen LogP contribution in [0.25, 0.3) is 0 Å². The van der Waals surface area contributed by atoms with Gasteiger partial charge in [0.2, 0.25) is 5.91 Å². The zero-order valence-corrected chi connectivity index (χ0v) is 14.6. The van der Waals surface area contributed by atoms with Gasteiger partial charge in [-0.1, -0.05) is 24.3 Å². The molecule has 0 saturated heterocycles. The van der Waals surface area contributed by atoms with Gasteiger partial charge in [-0.15, -0.1) is 11.8 Å². The van der Waals surface area contributed by atoms with Gasteiger partial charge in [0.15, 0.2) is 11.5 Å². The van der Waals surface area contributed by atoms with E-state index < -0.39 is 0 Å². The highest BCUT2D eigenvalue weighted by molar-refractivity contribution is 8.00. The zero-order valence-electron chi connectivity index (χ0n) is 13.8. The van der Waals surface area contributed by atoms with E-state index in [-0.39, 0.29) is 17.2 Å². The van der Waals surface area contributed by atoms with Crippen LogP contribution >= 0.6 is 11.8 Å². The third kappa shape index (κ3) is 4.03. The SMILES string of the molecule is C[C@H](NC(=O)[C@@H](C)Sc1ccccc1)c1ccc2c(c1)OCCO2. The van der Waals surface area contributed by atoms with Crippen molar-refractivity contribution in [3.8, 4) is 11.5 Å². The van der Waals surface area contributed by atoms with E-state index >= 15 is 0 Å². The lowest BCUT2D eigenvalue weighted by atomic mass is 10.1. The molecule has 4 nitrogen and oxygen atoms in total. The maximum absolute atomic E-state index is 12.4. The van der Waals surface area contributed by atoms with Crippen molar-refractivity contribution in [2.45, 2.75) is 30.0 Å². The molecule has 5 heteroatoms. The highest BCUT2D eigenvalue weighted by Gasteiger charge is 2.19. The van der Waals surface area contributed by atoms with Crippen molar-refractivity contribution in [2.75, 3.05) is 13.2 Å². The third-order valence-electron chi connectivity index (χ3n) is 3.85. The summed E-state index contributed by atoms with van der Waals surface area (Å²) >= 11 is 1.55. The molecule has 1 N–H and O–H groups in total. The second-order valence-corrected chi connectivity index (χ2v) is 7.12. The molecule has 24 heavy (non-hydrogen) atoms. The molecule has 1 aliphatic heterocycles. The second kappa shape index (κ2) is 7.62. The molecule has 1 heterocycles. The Morgan fingerprint density at radius 1 is 1.04 bits per heavy atom. The Labute approximate surface area is 146 Å². The summed E-state index contributed by atoms with van der Waals surface area (Å²) in [6.07, 6.45) is 0. The average Bonchev–Trinajstić information content (AvgIpc) is 2.62. The first-order valence-corrected chi connectivity index (χ1v) is 8.93. The van der Waals surface area contributed by atoms with Crippen LogP contribution in [-0.4, -0.2) is 24.4 Å². The molecule has 0 fully saturated rings. The number of hydrogen-bond donors (Lipinski definition) is 1. The number of carbonyl (C=O) groups is 1. The molecule has 0 unspecified atom stereocenters. The van der Waals surface area contributed by atoms with E-state index in [1.54, 1.807) is 11.8 Å². The van der Waals surface area contributed by atoms with Crippen molar-refractivity contribution in [1.29, 1.82) is 0 Å². The van der Waals surface area contributed by atoms with Crippen LogP contribution < -0.4 is 14.8 Å². The van der Waals surface area contributed by atoms with Crippen LogP contribution in [0.5, 0.6) is 11.5 Å². The molecule has 0 saturated carbocycles. The van der Waals surface area contributed by atoms with Gasteiger partial charge in [0.25, 0.3) is 0 Å². The second-order valence-electron chi connectivity index (χ2n) is 5.71. The minimum atomic E-state index is -0.160. The van der Waals surface area contributed by atoms with Gasteiger partial charge in [-0.25, -0.2) is 0 Å². The number of fused-ring (bicyclic) bond motifs is 1. The molecule has 0 aromatic heterocycles. The van der Waals surface area contributed by atoms with Crippen LogP contribution in [0.4, 0.5) is 0 Å². The van der Waals surface area contributed by atoms with E-state index in [4.69, 9.17) is 9.47 Å². The standard InChI is InChI=1S/C19H21NO3S/c1-13(15-8-9-17-18(12-15)23-11-10-22-17)20-19(21)14(2)24-16-6-4-3-5-7-16/h3-9,12-14H,10-11H2,1-2H3,(H,20,21)/t13-,14+/m0/s1. The van der Waals surface area contributed by atoms with Crippen molar-refractivity contribution in [2.24, 2.45) is 0 Å². The van der Waals surface area contributed by atoms with Gasteiger partial charge >= 0.3 is 0 Å². The average molecular weight is 343 g/mol. The molecule has 2 aromatic rings. The Bertz CT molecular complexity index is 705. The Hall–Kier alpha value is -2.14. The summed E-state index contributed by atoms with van der Waals surface area (Å²) in [5.74, 6) is 1.52. The number of rotatable bonds is 5. The Balaban J connectivity index is 1.61. The summed E-state index contributed by atoms with van der Waals surface area (Å²) in [6.45, 7) is 5.03. The topological polar surface area (TPSA) is 47.6 Å².